The lowest BCUT2D eigenvalue weighted by atomic mass is 10.1. The third kappa shape index (κ3) is 4.14. The van der Waals surface area contributed by atoms with Gasteiger partial charge in [0.2, 0.25) is 5.90 Å². The van der Waals surface area contributed by atoms with Crippen LogP contribution in [0.3, 0.4) is 0 Å². The van der Waals surface area contributed by atoms with E-state index >= 15 is 0 Å². The molecule has 3 rings (SSSR count). The number of hydrogen-bond donors (Lipinski definition) is 0. The zero-order chi connectivity index (χ0) is 19.4. The fourth-order valence-corrected chi connectivity index (χ4v) is 2.46. The molecule has 0 atom stereocenters. The van der Waals surface area contributed by atoms with Gasteiger partial charge in [-0.2, -0.15) is 0 Å². The third-order valence-corrected chi connectivity index (χ3v) is 3.68. The van der Waals surface area contributed by atoms with Crippen molar-refractivity contribution in [2.45, 2.75) is 6.92 Å². The van der Waals surface area contributed by atoms with Crippen LogP contribution >= 0.6 is 0 Å². The summed E-state index contributed by atoms with van der Waals surface area (Å²) in [7, 11) is 3.02. The highest BCUT2D eigenvalue weighted by Crippen LogP contribution is 2.30. The molecule has 0 unspecified atom stereocenters. The zero-order valence-electron chi connectivity index (χ0n) is 15.0. The molecule has 0 spiro atoms. The lowest BCUT2D eigenvalue weighted by Crippen LogP contribution is -2.05. The molecule has 27 heavy (non-hydrogen) atoms. The molecule has 0 amide bonds. The van der Waals surface area contributed by atoms with Crippen molar-refractivity contribution in [3.63, 3.8) is 0 Å². The van der Waals surface area contributed by atoms with Gasteiger partial charge in [0.25, 0.3) is 0 Å². The van der Waals surface area contributed by atoms with Gasteiger partial charge in [-0.25, -0.2) is 9.79 Å². The van der Waals surface area contributed by atoms with Gasteiger partial charge in [0.15, 0.2) is 17.2 Å². The number of nitrogens with zero attached hydrogens (tertiary/aromatic N) is 1. The molecule has 0 aliphatic carbocycles. The average Bonchev–Trinajstić information content (AvgIpc) is 3.03. The van der Waals surface area contributed by atoms with Crippen LogP contribution < -0.4 is 14.2 Å². The van der Waals surface area contributed by atoms with E-state index in [9.17, 15) is 9.59 Å². The molecular weight excluding hydrogens is 350 g/mol. The fourth-order valence-electron chi connectivity index (χ4n) is 2.46. The molecule has 138 valence electrons. The van der Waals surface area contributed by atoms with Crippen LogP contribution in [0.15, 0.2) is 53.2 Å². The Morgan fingerprint density at radius 1 is 1.07 bits per heavy atom. The van der Waals surface area contributed by atoms with Gasteiger partial charge in [-0.3, -0.25) is 4.79 Å². The van der Waals surface area contributed by atoms with Gasteiger partial charge in [-0.05, 0) is 42.0 Å². The lowest BCUT2D eigenvalue weighted by Gasteiger charge is -2.08. The van der Waals surface area contributed by atoms with E-state index in [0.29, 0.717) is 28.4 Å². The number of methoxy groups -OCH3 is 2. The molecule has 0 aromatic heterocycles. The summed E-state index contributed by atoms with van der Waals surface area (Å²) < 4.78 is 20.7. The number of rotatable bonds is 5. The van der Waals surface area contributed by atoms with Crippen LogP contribution in [0.1, 0.15) is 18.1 Å². The van der Waals surface area contributed by atoms with Crippen molar-refractivity contribution < 1.29 is 28.5 Å². The molecule has 1 heterocycles. The third-order valence-electron chi connectivity index (χ3n) is 3.68. The van der Waals surface area contributed by atoms with Crippen LogP contribution in [0.2, 0.25) is 0 Å². The second-order valence-corrected chi connectivity index (χ2v) is 5.57. The summed E-state index contributed by atoms with van der Waals surface area (Å²) in [5, 5.41) is 0. The Balaban J connectivity index is 1.91. The first-order valence-corrected chi connectivity index (χ1v) is 8.03. The maximum atomic E-state index is 12.1. The molecule has 2 aromatic rings. The fraction of sp³-hybridized carbons (Fsp3) is 0.150. The van der Waals surface area contributed by atoms with Crippen molar-refractivity contribution in [1.82, 2.24) is 0 Å². The predicted molar refractivity (Wildman–Crippen MR) is 97.9 cm³/mol. The Labute approximate surface area is 155 Å². The molecule has 0 saturated heterocycles. The quantitative estimate of drug-likeness (QED) is 0.459. The Hall–Kier alpha value is -3.61. The molecule has 0 saturated carbocycles. The molecule has 0 N–H and O–H groups in total. The summed E-state index contributed by atoms with van der Waals surface area (Å²) in [6.07, 6.45) is 1.57. The zero-order valence-corrected chi connectivity index (χ0v) is 15.0. The minimum atomic E-state index is -0.559. The number of aliphatic imine (C=N–C) groups is 1. The van der Waals surface area contributed by atoms with Crippen molar-refractivity contribution in [3.8, 4) is 17.2 Å². The summed E-state index contributed by atoms with van der Waals surface area (Å²) in [6, 6.07) is 12.0. The number of esters is 2. The van der Waals surface area contributed by atoms with Gasteiger partial charge in [0, 0.05) is 12.5 Å². The number of ether oxygens (including phenoxy) is 4. The van der Waals surface area contributed by atoms with Gasteiger partial charge in [-0.15, -0.1) is 0 Å². The van der Waals surface area contributed by atoms with E-state index < -0.39 is 11.9 Å². The number of hydrogen-bond acceptors (Lipinski definition) is 7. The molecule has 1 aliphatic heterocycles. The molecule has 0 radical (unpaired) electrons. The maximum absolute atomic E-state index is 12.1. The second kappa shape index (κ2) is 7.74. The van der Waals surface area contributed by atoms with Gasteiger partial charge < -0.3 is 18.9 Å². The van der Waals surface area contributed by atoms with Crippen molar-refractivity contribution in [2.75, 3.05) is 14.2 Å². The number of benzene rings is 2. The molecule has 2 aromatic carbocycles. The topological polar surface area (TPSA) is 83.4 Å². The first-order chi connectivity index (χ1) is 13.0. The smallest absolute Gasteiger partial charge is 0.363 e. The summed E-state index contributed by atoms with van der Waals surface area (Å²) in [5.74, 6) is 0.481. The van der Waals surface area contributed by atoms with Crippen molar-refractivity contribution in [1.29, 1.82) is 0 Å². The summed E-state index contributed by atoms with van der Waals surface area (Å²) >= 11 is 0. The molecule has 0 bridgehead atoms. The first kappa shape index (κ1) is 18.2. The highest BCUT2D eigenvalue weighted by molar-refractivity contribution is 6.13. The van der Waals surface area contributed by atoms with Crippen LogP contribution in [0, 0.1) is 0 Å². The highest BCUT2D eigenvalue weighted by atomic mass is 16.6. The van der Waals surface area contributed by atoms with E-state index in [2.05, 4.69) is 4.99 Å². The monoisotopic (exact) mass is 367 g/mol. The van der Waals surface area contributed by atoms with E-state index in [-0.39, 0.29) is 11.6 Å². The predicted octanol–water partition coefficient (Wildman–Crippen LogP) is 2.97. The minimum Gasteiger partial charge on any atom is -0.497 e. The van der Waals surface area contributed by atoms with E-state index in [0.717, 1.165) is 0 Å². The van der Waals surface area contributed by atoms with Crippen molar-refractivity contribution >= 4 is 23.9 Å². The SMILES string of the molecule is COc1cccc(C2=N/C(=C\c3ccc(OC(C)=O)c(OC)c3)C(=O)O2)c1. The normalized spacial score (nSPS) is 14.6. The van der Waals surface area contributed by atoms with E-state index in [1.54, 1.807) is 55.7 Å². The molecule has 0 fully saturated rings. The van der Waals surface area contributed by atoms with Crippen LogP contribution in [0.5, 0.6) is 17.2 Å². The molecular formula is C20H17NO6. The summed E-state index contributed by atoms with van der Waals surface area (Å²) in [6.45, 7) is 1.30. The number of carbonyl (C=O) groups excluding carboxylic acids is 2. The Morgan fingerprint density at radius 3 is 2.59 bits per heavy atom. The van der Waals surface area contributed by atoms with E-state index in [1.165, 1.54) is 14.0 Å². The van der Waals surface area contributed by atoms with E-state index in [4.69, 9.17) is 18.9 Å². The van der Waals surface area contributed by atoms with Gasteiger partial charge in [0.1, 0.15) is 5.75 Å². The van der Waals surface area contributed by atoms with Gasteiger partial charge in [-0.1, -0.05) is 12.1 Å². The van der Waals surface area contributed by atoms with Gasteiger partial charge in [0.05, 0.1) is 14.2 Å². The Kier molecular flexibility index (Phi) is 5.21. The molecule has 7 nitrogen and oxygen atoms in total. The van der Waals surface area contributed by atoms with Gasteiger partial charge >= 0.3 is 11.9 Å². The molecule has 7 heteroatoms. The maximum Gasteiger partial charge on any atom is 0.363 e. The highest BCUT2D eigenvalue weighted by Gasteiger charge is 2.24. The number of carbonyl (C=O) groups is 2. The Morgan fingerprint density at radius 2 is 1.89 bits per heavy atom. The second-order valence-electron chi connectivity index (χ2n) is 5.57. The lowest BCUT2D eigenvalue weighted by molar-refractivity contribution is -0.132. The van der Waals surface area contributed by atoms with E-state index in [1.807, 2.05) is 0 Å². The summed E-state index contributed by atoms with van der Waals surface area (Å²) in [5.41, 5.74) is 1.43. The minimum absolute atomic E-state index is 0.148. The van der Waals surface area contributed by atoms with Crippen molar-refractivity contribution in [3.05, 3.63) is 59.3 Å². The largest absolute Gasteiger partial charge is 0.497 e. The van der Waals surface area contributed by atoms with Crippen LogP contribution in [0.25, 0.3) is 6.08 Å². The Bertz CT molecular complexity index is 961. The van der Waals surface area contributed by atoms with Crippen molar-refractivity contribution in [2.24, 2.45) is 4.99 Å². The van der Waals surface area contributed by atoms with Crippen LogP contribution in [-0.4, -0.2) is 32.1 Å². The van der Waals surface area contributed by atoms with Crippen LogP contribution in [-0.2, 0) is 14.3 Å². The average molecular weight is 367 g/mol. The summed E-state index contributed by atoms with van der Waals surface area (Å²) in [4.78, 5) is 27.5. The molecule has 1 aliphatic rings. The first-order valence-electron chi connectivity index (χ1n) is 8.03. The standard InChI is InChI=1S/C20H17NO6/c1-12(22)26-17-8-7-13(10-18(17)25-3)9-16-20(23)27-19(21-16)14-5-4-6-15(11-14)24-2/h4-11H,1-3H3/b16-9-. The van der Waals surface area contributed by atoms with Crippen LogP contribution in [0.4, 0.5) is 0 Å². The number of cyclic esters (lactones) is 1.